The van der Waals surface area contributed by atoms with Gasteiger partial charge in [-0.1, -0.05) is 94.2 Å². The Labute approximate surface area is 282 Å². The van der Waals surface area contributed by atoms with Crippen LogP contribution in [0.3, 0.4) is 0 Å². The van der Waals surface area contributed by atoms with Gasteiger partial charge < -0.3 is 15.4 Å². The Morgan fingerprint density at radius 3 is 2.48 bits per heavy atom. The van der Waals surface area contributed by atoms with Crippen LogP contribution in [0.5, 0.6) is 0 Å². The normalized spacial score (nSPS) is 14.5. The van der Waals surface area contributed by atoms with Gasteiger partial charge in [-0.15, -0.1) is 0 Å². The van der Waals surface area contributed by atoms with Crippen LogP contribution in [0.15, 0.2) is 76.2 Å². The number of nitriles is 1. The van der Waals surface area contributed by atoms with Crippen LogP contribution in [0, 0.1) is 16.7 Å². The molecule has 1 fully saturated rings. The first kappa shape index (κ1) is 33.7. The monoisotopic (exact) mass is 767 g/mol. The van der Waals surface area contributed by atoms with E-state index >= 15 is 0 Å². The molecule has 3 aromatic carbocycles. The summed E-state index contributed by atoms with van der Waals surface area (Å²) in [6.45, 7) is 3.09. The highest BCUT2D eigenvalue weighted by molar-refractivity contribution is 14.1. The van der Waals surface area contributed by atoms with E-state index in [9.17, 15) is 10.1 Å². The van der Waals surface area contributed by atoms with E-state index < -0.39 is 0 Å². The largest absolute Gasteiger partial charge is 0.481 e. The van der Waals surface area contributed by atoms with Gasteiger partial charge in [0.15, 0.2) is 5.90 Å². The minimum Gasteiger partial charge on any atom is -0.481 e. The summed E-state index contributed by atoms with van der Waals surface area (Å²) in [6.07, 6.45) is 7.18. The predicted octanol–water partition coefficient (Wildman–Crippen LogP) is 8.06. The Hall–Kier alpha value is -3.23. The Balaban J connectivity index is 1.50. The molecule has 7 nitrogen and oxygen atoms in total. The zero-order valence-electron chi connectivity index (χ0n) is 25.1. The molecule has 0 saturated heterocycles. The number of nitrogens with zero attached hydrogens (tertiary/aromatic N) is 3. The molecule has 1 atom stereocenters. The van der Waals surface area contributed by atoms with E-state index in [1.807, 2.05) is 48.2 Å². The van der Waals surface area contributed by atoms with Crippen LogP contribution in [-0.4, -0.2) is 34.7 Å². The van der Waals surface area contributed by atoms with Crippen molar-refractivity contribution in [1.82, 2.24) is 0 Å². The molecule has 9 heteroatoms. The number of hydrogen-bond acceptors (Lipinski definition) is 5. The molecule has 0 aliphatic heterocycles. The number of rotatable bonds is 12. The van der Waals surface area contributed by atoms with Crippen LogP contribution >= 0.6 is 38.5 Å². The second kappa shape index (κ2) is 16.7. The standard InChI is InChI=1S/C35H39BrIN5O2/c1-2-44-35(40)32(37)22-41-34(39)29-11-8-24(9-12-29)23-42(31-15-13-28(14-16-31)27-6-4-3-5-7-27)33(43)17-10-25-18-26(21-38)20-30(36)19-25/h8-9,11-16,18-20,27,32,40H,2-7,10,17,22-23H2,1H3,(H2,39,41). The SMILES string of the molecule is CCOC(=N)C(I)CN=C(N)c1ccc(CN(C(=O)CCc2cc(Br)cc(C#N)c2)c2ccc(C3CCCCC3)cc2)cc1. The van der Waals surface area contributed by atoms with Crippen molar-refractivity contribution >= 4 is 61.8 Å². The maximum absolute atomic E-state index is 13.8. The molecular formula is C35H39BrIN5O2. The summed E-state index contributed by atoms with van der Waals surface area (Å²) in [4.78, 5) is 20.1. The zero-order chi connectivity index (χ0) is 31.5. The van der Waals surface area contributed by atoms with Gasteiger partial charge in [0.25, 0.3) is 0 Å². The molecule has 1 amide bonds. The lowest BCUT2D eigenvalue weighted by atomic mass is 9.84. The van der Waals surface area contributed by atoms with Gasteiger partial charge in [-0.25, -0.2) is 0 Å². The van der Waals surface area contributed by atoms with Crippen molar-refractivity contribution in [3.63, 3.8) is 0 Å². The van der Waals surface area contributed by atoms with Crippen molar-refractivity contribution in [2.24, 2.45) is 10.7 Å². The molecule has 1 aliphatic carbocycles. The van der Waals surface area contributed by atoms with Gasteiger partial charge in [-0.2, -0.15) is 5.26 Å². The third-order valence-electron chi connectivity index (χ3n) is 7.89. The second-order valence-electron chi connectivity index (χ2n) is 11.1. The first-order valence-corrected chi connectivity index (χ1v) is 17.2. The molecular weight excluding hydrogens is 729 g/mol. The summed E-state index contributed by atoms with van der Waals surface area (Å²) in [7, 11) is 0. The number of alkyl halides is 1. The van der Waals surface area contributed by atoms with Gasteiger partial charge in [-0.3, -0.25) is 15.2 Å². The molecule has 4 rings (SSSR count). The average molecular weight is 769 g/mol. The maximum atomic E-state index is 13.8. The number of amides is 1. The summed E-state index contributed by atoms with van der Waals surface area (Å²) in [5, 5.41) is 17.3. The molecule has 0 bridgehead atoms. The Kier molecular flexibility index (Phi) is 12.8. The lowest BCUT2D eigenvalue weighted by molar-refractivity contribution is -0.118. The molecule has 1 aliphatic rings. The van der Waals surface area contributed by atoms with Crippen LogP contribution in [0.2, 0.25) is 0 Å². The van der Waals surface area contributed by atoms with Crippen molar-refractivity contribution in [1.29, 1.82) is 10.7 Å². The summed E-state index contributed by atoms with van der Waals surface area (Å²) >= 11 is 5.61. The quantitative estimate of drug-likeness (QED) is 0.0840. The average Bonchev–Trinajstić information content (AvgIpc) is 3.05. The summed E-state index contributed by atoms with van der Waals surface area (Å²) in [6, 6.07) is 24.1. The van der Waals surface area contributed by atoms with Crippen LogP contribution in [0.25, 0.3) is 0 Å². The van der Waals surface area contributed by atoms with Gasteiger partial charge in [-0.05, 0) is 79.1 Å². The minimum absolute atomic E-state index is 0.0175. The highest BCUT2D eigenvalue weighted by Crippen LogP contribution is 2.33. The number of halogens is 2. The Morgan fingerprint density at radius 2 is 1.82 bits per heavy atom. The molecule has 0 radical (unpaired) electrons. The molecule has 1 saturated carbocycles. The first-order valence-electron chi connectivity index (χ1n) is 15.1. The fraction of sp³-hybridized carbons (Fsp3) is 0.371. The van der Waals surface area contributed by atoms with Crippen molar-refractivity contribution in [3.05, 3.63) is 99.0 Å². The van der Waals surface area contributed by atoms with Gasteiger partial charge in [0.2, 0.25) is 5.91 Å². The maximum Gasteiger partial charge on any atom is 0.227 e. The number of aryl methyl sites for hydroxylation is 1. The van der Waals surface area contributed by atoms with Crippen molar-refractivity contribution in [2.75, 3.05) is 18.1 Å². The summed E-state index contributed by atoms with van der Waals surface area (Å²) in [5.74, 6) is 1.21. The highest BCUT2D eigenvalue weighted by Gasteiger charge is 2.20. The molecule has 3 aromatic rings. The summed E-state index contributed by atoms with van der Waals surface area (Å²) < 4.78 is 5.91. The Morgan fingerprint density at radius 1 is 1.11 bits per heavy atom. The van der Waals surface area contributed by atoms with Crippen LogP contribution in [0.1, 0.15) is 79.2 Å². The second-order valence-corrected chi connectivity index (χ2v) is 13.5. The number of amidine groups is 1. The summed E-state index contributed by atoms with van der Waals surface area (Å²) in [5.41, 5.74) is 11.8. The lowest BCUT2D eigenvalue weighted by Gasteiger charge is -2.26. The molecule has 3 N–H and O–H groups in total. The molecule has 1 unspecified atom stereocenters. The van der Waals surface area contributed by atoms with Gasteiger partial charge in [0.05, 0.1) is 31.3 Å². The van der Waals surface area contributed by atoms with E-state index in [2.05, 4.69) is 73.8 Å². The van der Waals surface area contributed by atoms with Gasteiger partial charge in [0.1, 0.15) is 9.76 Å². The lowest BCUT2D eigenvalue weighted by Crippen LogP contribution is -2.30. The number of nitrogens with two attached hydrogens (primary N) is 1. The number of carbonyl (C=O) groups excluding carboxylic acids is 1. The third-order valence-corrected chi connectivity index (χ3v) is 9.31. The fourth-order valence-corrected chi connectivity index (χ4v) is 6.41. The first-order chi connectivity index (χ1) is 21.3. The van der Waals surface area contributed by atoms with E-state index in [1.54, 1.807) is 6.07 Å². The topological polar surface area (TPSA) is 116 Å². The zero-order valence-corrected chi connectivity index (χ0v) is 28.8. The van der Waals surface area contributed by atoms with E-state index in [1.165, 1.54) is 37.7 Å². The third kappa shape index (κ3) is 9.63. The minimum atomic E-state index is -0.182. The number of anilines is 1. The molecule has 44 heavy (non-hydrogen) atoms. The van der Waals surface area contributed by atoms with E-state index in [0.29, 0.717) is 49.9 Å². The number of aliphatic imine (C=N–C) groups is 1. The molecule has 0 spiro atoms. The molecule has 0 aromatic heterocycles. The van der Waals surface area contributed by atoms with E-state index in [-0.39, 0.29) is 15.7 Å². The van der Waals surface area contributed by atoms with E-state index in [0.717, 1.165) is 26.9 Å². The number of ether oxygens (including phenoxy) is 1. The predicted molar refractivity (Wildman–Crippen MR) is 190 cm³/mol. The van der Waals surface area contributed by atoms with Crippen LogP contribution in [-0.2, 0) is 22.5 Å². The molecule has 0 heterocycles. The van der Waals surface area contributed by atoms with Crippen molar-refractivity contribution in [2.45, 2.75) is 68.3 Å². The van der Waals surface area contributed by atoms with E-state index in [4.69, 9.17) is 15.9 Å². The van der Waals surface area contributed by atoms with Crippen LogP contribution in [0.4, 0.5) is 5.69 Å². The van der Waals surface area contributed by atoms with Gasteiger partial charge in [0, 0.05) is 22.1 Å². The van der Waals surface area contributed by atoms with Gasteiger partial charge >= 0.3 is 0 Å². The van der Waals surface area contributed by atoms with Crippen molar-refractivity contribution in [3.8, 4) is 6.07 Å². The Bertz CT molecular complexity index is 1490. The van der Waals surface area contributed by atoms with Crippen molar-refractivity contribution < 1.29 is 9.53 Å². The highest BCUT2D eigenvalue weighted by atomic mass is 127. The smallest absolute Gasteiger partial charge is 0.227 e. The molecule has 230 valence electrons. The number of hydrogen-bond donors (Lipinski definition) is 2. The van der Waals surface area contributed by atoms with Crippen LogP contribution < -0.4 is 10.6 Å². The number of carbonyl (C=O) groups is 1. The fourth-order valence-electron chi connectivity index (χ4n) is 5.49. The number of nitrogens with one attached hydrogen (secondary N) is 1. The number of benzene rings is 3.